The van der Waals surface area contributed by atoms with Gasteiger partial charge in [0.2, 0.25) is 5.91 Å². The maximum Gasteiger partial charge on any atom is 0.232 e. The number of ether oxygens (including phenoxy) is 1. The van der Waals surface area contributed by atoms with E-state index in [0.29, 0.717) is 26.3 Å². The third-order valence-electron chi connectivity index (χ3n) is 4.78. The summed E-state index contributed by atoms with van der Waals surface area (Å²) in [5, 5.41) is 0. The molecule has 1 saturated heterocycles. The van der Waals surface area contributed by atoms with Crippen LogP contribution in [0.2, 0.25) is 0 Å². The van der Waals surface area contributed by atoms with Crippen LogP contribution < -0.4 is 5.73 Å². The van der Waals surface area contributed by atoms with Gasteiger partial charge in [0, 0.05) is 18.6 Å². The number of carbonyl (C=O) groups is 1. The molecule has 1 saturated carbocycles. The highest BCUT2D eigenvalue weighted by atomic mass is 16.5. The average Bonchev–Trinajstić information content (AvgIpc) is 3.27. The van der Waals surface area contributed by atoms with Crippen LogP contribution in [0.15, 0.2) is 24.3 Å². The summed E-state index contributed by atoms with van der Waals surface area (Å²) >= 11 is 0. The van der Waals surface area contributed by atoms with Crippen molar-refractivity contribution in [2.45, 2.75) is 37.6 Å². The summed E-state index contributed by atoms with van der Waals surface area (Å²) < 4.78 is 5.33. The van der Waals surface area contributed by atoms with E-state index in [2.05, 4.69) is 12.1 Å². The first-order valence-electron chi connectivity index (χ1n) is 7.70. The van der Waals surface area contributed by atoms with Crippen molar-refractivity contribution in [2.75, 3.05) is 26.3 Å². The fourth-order valence-corrected chi connectivity index (χ4v) is 2.93. The minimum atomic E-state index is -0.529. The standard InChI is InChI=1S/C17H24N2O2/c1-16(2,15(20)19-8-10-21-11-9-19)13-4-3-5-14(12-13)17(18)6-7-17/h3-5,12H,6-11,18H2,1-2H3. The van der Waals surface area contributed by atoms with Crippen LogP contribution in [-0.4, -0.2) is 37.1 Å². The molecule has 0 aromatic heterocycles. The lowest BCUT2D eigenvalue weighted by Crippen LogP contribution is -2.48. The van der Waals surface area contributed by atoms with Crippen LogP contribution in [0.4, 0.5) is 0 Å². The van der Waals surface area contributed by atoms with Gasteiger partial charge in [0.05, 0.1) is 18.6 Å². The Balaban J connectivity index is 1.85. The third-order valence-corrected chi connectivity index (χ3v) is 4.78. The smallest absolute Gasteiger partial charge is 0.232 e. The summed E-state index contributed by atoms with van der Waals surface area (Å²) in [6, 6.07) is 8.25. The van der Waals surface area contributed by atoms with Crippen molar-refractivity contribution in [1.29, 1.82) is 0 Å². The lowest BCUT2D eigenvalue weighted by atomic mass is 9.81. The zero-order valence-corrected chi connectivity index (χ0v) is 12.9. The summed E-state index contributed by atoms with van der Waals surface area (Å²) in [4.78, 5) is 14.7. The van der Waals surface area contributed by atoms with Crippen molar-refractivity contribution in [3.8, 4) is 0 Å². The predicted molar refractivity (Wildman–Crippen MR) is 82.0 cm³/mol. The maximum atomic E-state index is 12.8. The molecule has 0 atom stereocenters. The lowest BCUT2D eigenvalue weighted by molar-refractivity contribution is -0.140. The highest BCUT2D eigenvalue weighted by molar-refractivity contribution is 5.87. The number of morpholine rings is 1. The van der Waals surface area contributed by atoms with Gasteiger partial charge in [-0.15, -0.1) is 0 Å². The van der Waals surface area contributed by atoms with Gasteiger partial charge in [-0.1, -0.05) is 24.3 Å². The number of carbonyl (C=O) groups excluding carboxylic acids is 1. The van der Waals surface area contributed by atoms with Gasteiger partial charge in [-0.25, -0.2) is 0 Å². The Hall–Kier alpha value is -1.39. The van der Waals surface area contributed by atoms with Crippen LogP contribution in [0.25, 0.3) is 0 Å². The van der Waals surface area contributed by atoms with E-state index in [1.54, 1.807) is 0 Å². The molecule has 3 rings (SSSR count). The van der Waals surface area contributed by atoms with Gasteiger partial charge in [0.15, 0.2) is 0 Å². The van der Waals surface area contributed by atoms with Gasteiger partial charge in [-0.05, 0) is 37.8 Å². The highest BCUT2D eigenvalue weighted by Gasteiger charge is 2.41. The Morgan fingerprint density at radius 3 is 2.57 bits per heavy atom. The number of amides is 1. The number of nitrogens with zero attached hydrogens (tertiary/aromatic N) is 1. The molecular weight excluding hydrogens is 264 g/mol. The van der Waals surface area contributed by atoms with E-state index in [-0.39, 0.29) is 11.4 Å². The fraction of sp³-hybridized carbons (Fsp3) is 0.588. The van der Waals surface area contributed by atoms with E-state index in [1.807, 2.05) is 30.9 Å². The summed E-state index contributed by atoms with van der Waals surface area (Å²) in [6.07, 6.45) is 2.07. The molecule has 1 aliphatic heterocycles. The van der Waals surface area contributed by atoms with Gasteiger partial charge < -0.3 is 15.4 Å². The lowest BCUT2D eigenvalue weighted by Gasteiger charge is -2.34. The molecule has 2 aliphatic rings. The molecule has 1 amide bonds. The normalized spacial score (nSPS) is 21.2. The van der Waals surface area contributed by atoms with E-state index in [4.69, 9.17) is 10.5 Å². The summed E-state index contributed by atoms with van der Waals surface area (Å²) in [5.74, 6) is 0.171. The van der Waals surface area contributed by atoms with E-state index >= 15 is 0 Å². The Morgan fingerprint density at radius 1 is 1.29 bits per heavy atom. The molecular formula is C17H24N2O2. The number of hydrogen-bond donors (Lipinski definition) is 1. The van der Waals surface area contributed by atoms with E-state index in [9.17, 15) is 4.79 Å². The molecule has 4 heteroatoms. The Bertz CT molecular complexity index is 543. The summed E-state index contributed by atoms with van der Waals surface area (Å²) in [7, 11) is 0. The Labute approximate surface area is 126 Å². The van der Waals surface area contributed by atoms with Crippen molar-refractivity contribution >= 4 is 5.91 Å². The SMILES string of the molecule is CC(C)(C(=O)N1CCOCC1)c1cccc(C2(N)CC2)c1. The molecule has 1 aromatic rings. The second-order valence-electron chi connectivity index (χ2n) is 6.77. The topological polar surface area (TPSA) is 55.6 Å². The van der Waals surface area contributed by atoms with Crippen molar-refractivity contribution in [3.63, 3.8) is 0 Å². The van der Waals surface area contributed by atoms with Crippen molar-refractivity contribution in [2.24, 2.45) is 5.73 Å². The Morgan fingerprint density at radius 2 is 1.95 bits per heavy atom. The second-order valence-corrected chi connectivity index (χ2v) is 6.77. The van der Waals surface area contributed by atoms with Gasteiger partial charge >= 0.3 is 0 Å². The number of nitrogens with two attached hydrogens (primary N) is 1. The molecule has 2 N–H and O–H groups in total. The molecule has 114 valence electrons. The van der Waals surface area contributed by atoms with Gasteiger partial charge in [0.1, 0.15) is 0 Å². The van der Waals surface area contributed by atoms with Crippen LogP contribution in [0, 0.1) is 0 Å². The van der Waals surface area contributed by atoms with Crippen molar-refractivity contribution < 1.29 is 9.53 Å². The quantitative estimate of drug-likeness (QED) is 0.922. The molecule has 2 fully saturated rings. The van der Waals surface area contributed by atoms with Gasteiger partial charge in [0.25, 0.3) is 0 Å². The van der Waals surface area contributed by atoms with E-state index in [1.165, 1.54) is 0 Å². The molecule has 1 aromatic carbocycles. The highest BCUT2D eigenvalue weighted by Crippen LogP contribution is 2.43. The average molecular weight is 288 g/mol. The summed E-state index contributed by atoms with van der Waals surface area (Å²) in [5.41, 5.74) is 7.80. The third kappa shape index (κ3) is 2.70. The first-order valence-corrected chi connectivity index (χ1v) is 7.70. The van der Waals surface area contributed by atoms with Crippen molar-refractivity contribution in [3.05, 3.63) is 35.4 Å². The molecule has 4 nitrogen and oxygen atoms in total. The molecule has 0 spiro atoms. The largest absolute Gasteiger partial charge is 0.378 e. The molecule has 0 bridgehead atoms. The zero-order chi connectivity index (χ0) is 15.1. The first kappa shape index (κ1) is 14.5. The van der Waals surface area contributed by atoms with Crippen LogP contribution in [0.3, 0.4) is 0 Å². The Kier molecular flexibility index (Phi) is 3.54. The fourth-order valence-electron chi connectivity index (χ4n) is 2.93. The minimum Gasteiger partial charge on any atom is -0.378 e. The molecule has 21 heavy (non-hydrogen) atoms. The number of hydrogen-bond acceptors (Lipinski definition) is 3. The van der Waals surface area contributed by atoms with Crippen LogP contribution in [-0.2, 0) is 20.5 Å². The molecule has 1 heterocycles. The first-order chi connectivity index (χ1) is 9.93. The number of rotatable bonds is 3. The van der Waals surface area contributed by atoms with Gasteiger partial charge in [-0.3, -0.25) is 4.79 Å². The zero-order valence-electron chi connectivity index (χ0n) is 12.9. The van der Waals surface area contributed by atoms with Crippen LogP contribution in [0.5, 0.6) is 0 Å². The van der Waals surface area contributed by atoms with Crippen LogP contribution >= 0.6 is 0 Å². The second kappa shape index (κ2) is 5.11. The van der Waals surface area contributed by atoms with E-state index < -0.39 is 5.41 Å². The minimum absolute atomic E-state index is 0.159. The molecule has 0 unspecified atom stereocenters. The maximum absolute atomic E-state index is 12.8. The summed E-state index contributed by atoms with van der Waals surface area (Å²) in [6.45, 7) is 6.63. The van der Waals surface area contributed by atoms with Crippen LogP contribution in [0.1, 0.15) is 37.8 Å². The van der Waals surface area contributed by atoms with Crippen molar-refractivity contribution in [1.82, 2.24) is 4.90 Å². The molecule has 0 radical (unpaired) electrons. The monoisotopic (exact) mass is 288 g/mol. The molecule has 1 aliphatic carbocycles. The number of benzene rings is 1. The van der Waals surface area contributed by atoms with E-state index in [0.717, 1.165) is 24.0 Å². The predicted octanol–water partition coefficient (Wildman–Crippen LogP) is 1.77. The van der Waals surface area contributed by atoms with Gasteiger partial charge in [-0.2, -0.15) is 0 Å².